The second-order valence-electron chi connectivity index (χ2n) is 4.58. The lowest BCUT2D eigenvalue weighted by atomic mass is 10.2. The van der Waals surface area contributed by atoms with E-state index < -0.39 is 0 Å². The Bertz CT molecular complexity index is 515. The summed E-state index contributed by atoms with van der Waals surface area (Å²) in [5.41, 5.74) is 1.86. The van der Waals surface area contributed by atoms with Gasteiger partial charge in [-0.2, -0.15) is 4.98 Å². The van der Waals surface area contributed by atoms with E-state index in [1.54, 1.807) is 0 Å². The normalized spacial score (nSPS) is 10.9. The molecule has 0 aliphatic rings. The number of aryl methyl sites for hydroxylation is 2. The van der Waals surface area contributed by atoms with E-state index in [2.05, 4.69) is 15.1 Å². The molecule has 0 N–H and O–H groups in total. The van der Waals surface area contributed by atoms with Crippen LogP contribution in [-0.4, -0.2) is 15.1 Å². The molecule has 0 aliphatic heterocycles. The smallest absolute Gasteiger partial charge is 0.229 e. The SMILES string of the molecule is Cc1cc(OCc2noc(C(C)C)n2)cc(C)n1. The Balaban J connectivity index is 2.02. The van der Waals surface area contributed by atoms with Crippen LogP contribution in [0.3, 0.4) is 0 Å². The Kier molecular flexibility index (Phi) is 3.60. The molecule has 5 nitrogen and oxygen atoms in total. The van der Waals surface area contributed by atoms with E-state index in [1.165, 1.54) is 0 Å². The summed E-state index contributed by atoms with van der Waals surface area (Å²) in [5, 5.41) is 3.87. The maximum absolute atomic E-state index is 5.62. The minimum absolute atomic E-state index is 0.233. The first kappa shape index (κ1) is 12.5. The zero-order valence-electron chi connectivity index (χ0n) is 11.1. The Morgan fingerprint density at radius 3 is 2.39 bits per heavy atom. The summed E-state index contributed by atoms with van der Waals surface area (Å²) in [6.07, 6.45) is 0. The van der Waals surface area contributed by atoms with Crippen LogP contribution in [0, 0.1) is 13.8 Å². The lowest BCUT2D eigenvalue weighted by Gasteiger charge is -2.05. The third-order valence-electron chi connectivity index (χ3n) is 2.40. The zero-order chi connectivity index (χ0) is 13.1. The van der Waals surface area contributed by atoms with Gasteiger partial charge in [-0.3, -0.25) is 4.98 Å². The van der Waals surface area contributed by atoms with Crippen LogP contribution in [-0.2, 0) is 6.61 Å². The Labute approximate surface area is 106 Å². The summed E-state index contributed by atoms with van der Waals surface area (Å²) in [7, 11) is 0. The highest BCUT2D eigenvalue weighted by Crippen LogP contribution is 2.16. The van der Waals surface area contributed by atoms with Crippen LogP contribution >= 0.6 is 0 Å². The molecule has 5 heteroatoms. The minimum Gasteiger partial charge on any atom is -0.485 e. The average molecular weight is 247 g/mol. The quantitative estimate of drug-likeness (QED) is 0.831. The molecule has 2 rings (SSSR count). The van der Waals surface area contributed by atoms with Crippen molar-refractivity contribution in [3.63, 3.8) is 0 Å². The molecule has 0 unspecified atom stereocenters. The fourth-order valence-electron chi connectivity index (χ4n) is 1.59. The maximum Gasteiger partial charge on any atom is 0.229 e. The lowest BCUT2D eigenvalue weighted by molar-refractivity contribution is 0.283. The van der Waals surface area contributed by atoms with Crippen molar-refractivity contribution in [3.05, 3.63) is 35.2 Å². The van der Waals surface area contributed by atoms with E-state index in [4.69, 9.17) is 9.26 Å². The summed E-state index contributed by atoms with van der Waals surface area (Å²) < 4.78 is 10.7. The van der Waals surface area contributed by atoms with Gasteiger partial charge in [-0.25, -0.2) is 0 Å². The average Bonchev–Trinajstić information content (AvgIpc) is 2.73. The third kappa shape index (κ3) is 3.06. The fourth-order valence-corrected chi connectivity index (χ4v) is 1.59. The molecule has 0 bridgehead atoms. The van der Waals surface area contributed by atoms with E-state index in [0.717, 1.165) is 17.1 Å². The van der Waals surface area contributed by atoms with Gasteiger partial charge in [-0.15, -0.1) is 0 Å². The van der Waals surface area contributed by atoms with Gasteiger partial charge in [0.15, 0.2) is 6.61 Å². The second kappa shape index (κ2) is 5.16. The molecule has 0 aliphatic carbocycles. The first-order chi connectivity index (χ1) is 8.54. The highest BCUT2D eigenvalue weighted by Gasteiger charge is 2.10. The van der Waals surface area contributed by atoms with Crippen LogP contribution in [0.25, 0.3) is 0 Å². The summed E-state index contributed by atoms with van der Waals surface area (Å²) >= 11 is 0. The summed E-state index contributed by atoms with van der Waals surface area (Å²) in [5.74, 6) is 2.20. The molecule has 2 aromatic heterocycles. The molecular weight excluding hydrogens is 230 g/mol. The summed E-state index contributed by atoms with van der Waals surface area (Å²) in [6, 6.07) is 3.77. The molecule has 2 aromatic rings. The van der Waals surface area contributed by atoms with Gasteiger partial charge in [-0.05, 0) is 13.8 Å². The van der Waals surface area contributed by atoms with Crippen LogP contribution in [0.5, 0.6) is 5.75 Å². The van der Waals surface area contributed by atoms with Crippen LogP contribution < -0.4 is 4.74 Å². The number of ether oxygens (including phenoxy) is 1. The molecule has 0 radical (unpaired) electrons. The van der Waals surface area contributed by atoms with Crippen molar-refractivity contribution < 1.29 is 9.26 Å². The monoisotopic (exact) mass is 247 g/mol. The van der Waals surface area contributed by atoms with Gasteiger partial charge >= 0.3 is 0 Å². The van der Waals surface area contributed by atoms with Gasteiger partial charge in [0.1, 0.15) is 5.75 Å². The number of pyridine rings is 1. The maximum atomic E-state index is 5.62. The predicted molar refractivity (Wildman–Crippen MR) is 66.4 cm³/mol. The van der Waals surface area contributed by atoms with Crippen molar-refractivity contribution in [2.24, 2.45) is 0 Å². The van der Waals surface area contributed by atoms with Crippen LogP contribution in [0.15, 0.2) is 16.7 Å². The Hall–Kier alpha value is -1.91. The van der Waals surface area contributed by atoms with Crippen LogP contribution in [0.2, 0.25) is 0 Å². The van der Waals surface area contributed by atoms with Gasteiger partial charge in [0.25, 0.3) is 0 Å². The van der Waals surface area contributed by atoms with Gasteiger partial charge < -0.3 is 9.26 Å². The third-order valence-corrected chi connectivity index (χ3v) is 2.40. The Morgan fingerprint density at radius 2 is 1.83 bits per heavy atom. The molecule has 0 fully saturated rings. The van der Waals surface area contributed by atoms with E-state index in [-0.39, 0.29) is 5.92 Å². The molecule has 18 heavy (non-hydrogen) atoms. The summed E-state index contributed by atoms with van der Waals surface area (Å²) in [6.45, 7) is 8.19. The van der Waals surface area contributed by atoms with E-state index in [9.17, 15) is 0 Å². The van der Waals surface area contributed by atoms with Crippen molar-refractivity contribution in [2.75, 3.05) is 0 Å². The molecule has 0 amide bonds. The lowest BCUT2D eigenvalue weighted by Crippen LogP contribution is -1.99. The van der Waals surface area contributed by atoms with E-state index >= 15 is 0 Å². The number of hydrogen-bond acceptors (Lipinski definition) is 5. The van der Waals surface area contributed by atoms with Crippen LogP contribution in [0.4, 0.5) is 0 Å². The molecule has 2 heterocycles. The van der Waals surface area contributed by atoms with Crippen molar-refractivity contribution in [1.82, 2.24) is 15.1 Å². The van der Waals surface area contributed by atoms with E-state index in [0.29, 0.717) is 18.3 Å². The van der Waals surface area contributed by atoms with Crippen molar-refractivity contribution in [2.45, 2.75) is 40.2 Å². The zero-order valence-corrected chi connectivity index (χ0v) is 11.1. The molecule has 0 aromatic carbocycles. The first-order valence-corrected chi connectivity index (χ1v) is 5.95. The second-order valence-corrected chi connectivity index (χ2v) is 4.58. The molecule has 0 saturated heterocycles. The number of hydrogen-bond donors (Lipinski definition) is 0. The topological polar surface area (TPSA) is 61.0 Å². The van der Waals surface area contributed by atoms with Crippen molar-refractivity contribution in [1.29, 1.82) is 0 Å². The van der Waals surface area contributed by atoms with Gasteiger partial charge in [0.2, 0.25) is 11.7 Å². The number of nitrogens with zero attached hydrogens (tertiary/aromatic N) is 3. The molecule has 0 spiro atoms. The van der Waals surface area contributed by atoms with Crippen molar-refractivity contribution in [3.8, 4) is 5.75 Å². The molecule has 0 atom stereocenters. The highest BCUT2D eigenvalue weighted by molar-refractivity contribution is 5.26. The first-order valence-electron chi connectivity index (χ1n) is 5.95. The van der Waals surface area contributed by atoms with Crippen LogP contribution in [0.1, 0.15) is 42.9 Å². The van der Waals surface area contributed by atoms with Gasteiger partial charge in [0, 0.05) is 29.4 Å². The largest absolute Gasteiger partial charge is 0.485 e. The predicted octanol–water partition coefficient (Wildman–Crippen LogP) is 2.78. The van der Waals surface area contributed by atoms with Gasteiger partial charge in [0.05, 0.1) is 0 Å². The van der Waals surface area contributed by atoms with E-state index in [1.807, 2.05) is 39.8 Å². The van der Waals surface area contributed by atoms with Crippen molar-refractivity contribution >= 4 is 0 Å². The fraction of sp³-hybridized carbons (Fsp3) is 0.462. The highest BCUT2D eigenvalue weighted by atomic mass is 16.5. The number of rotatable bonds is 4. The molecular formula is C13H17N3O2. The van der Waals surface area contributed by atoms with Gasteiger partial charge in [-0.1, -0.05) is 19.0 Å². The minimum atomic E-state index is 0.233. The standard InChI is InChI=1S/C13H17N3O2/c1-8(2)13-15-12(16-18-13)7-17-11-5-9(3)14-10(4)6-11/h5-6,8H,7H2,1-4H3. The summed E-state index contributed by atoms with van der Waals surface area (Å²) in [4.78, 5) is 8.54. The Morgan fingerprint density at radius 1 is 1.17 bits per heavy atom. The number of aromatic nitrogens is 3. The molecule has 0 saturated carbocycles. The molecule has 96 valence electrons.